The monoisotopic (exact) mass is 856 g/mol. The van der Waals surface area contributed by atoms with Crippen molar-refractivity contribution in [2.24, 2.45) is 11.8 Å². The van der Waals surface area contributed by atoms with Gasteiger partial charge in [-0.05, 0) is 49.6 Å². The molecular weight excluding hydrogens is 807 g/mol. The zero-order chi connectivity index (χ0) is 42.3. The van der Waals surface area contributed by atoms with E-state index in [1.54, 1.807) is 0 Å². The SMILES string of the molecule is CCCC(CCC)C(=O)Nc1ccn([C@@H]2O[C@H](COP(O)(=S)O[C@H]3[C@@H](CO)O[C@@H](n4ccc(NC(=O)C(CCC)CCC)nc4=O)C3(F)F)[C@H](O)C2(F)F)c(=O)n1. The number of carbonyl (C=O) groups is 2. The predicted molar refractivity (Wildman–Crippen MR) is 199 cm³/mol. The van der Waals surface area contributed by atoms with Gasteiger partial charge in [0.25, 0.3) is 0 Å². The highest BCUT2D eigenvalue weighted by atomic mass is 32.5. The first kappa shape index (κ1) is 46.5. The third kappa shape index (κ3) is 10.9. The van der Waals surface area contributed by atoms with Crippen LogP contribution >= 0.6 is 6.72 Å². The van der Waals surface area contributed by atoms with Gasteiger partial charge in [-0.1, -0.05) is 53.4 Å². The number of aliphatic hydroxyl groups is 2. The summed E-state index contributed by atoms with van der Waals surface area (Å²) in [5.41, 5.74) is -2.53. The molecule has 57 heavy (non-hydrogen) atoms. The molecule has 0 aliphatic carbocycles. The molecule has 2 aromatic heterocycles. The summed E-state index contributed by atoms with van der Waals surface area (Å²) >= 11 is 4.86. The van der Waals surface area contributed by atoms with Crippen molar-refractivity contribution >= 4 is 42.0 Å². The van der Waals surface area contributed by atoms with Crippen LogP contribution in [0.2, 0.25) is 0 Å². The molecule has 2 aromatic rings. The number of nitrogens with zero attached hydrogens (tertiary/aromatic N) is 4. The fourth-order valence-corrected chi connectivity index (χ4v) is 8.10. The molecule has 5 N–H and O–H groups in total. The zero-order valence-corrected chi connectivity index (χ0v) is 33.5. The van der Waals surface area contributed by atoms with Gasteiger partial charge < -0.3 is 39.7 Å². The minimum absolute atomic E-state index is 0.195. The van der Waals surface area contributed by atoms with Crippen LogP contribution in [-0.2, 0) is 39.9 Å². The highest BCUT2D eigenvalue weighted by Crippen LogP contribution is 2.54. The van der Waals surface area contributed by atoms with Gasteiger partial charge in [0.15, 0.2) is 12.2 Å². The van der Waals surface area contributed by atoms with Gasteiger partial charge in [-0.2, -0.15) is 27.5 Å². The van der Waals surface area contributed by atoms with Crippen molar-refractivity contribution in [3.63, 3.8) is 0 Å². The van der Waals surface area contributed by atoms with Crippen molar-refractivity contribution in [1.29, 1.82) is 0 Å². The molecule has 4 rings (SSSR count). The van der Waals surface area contributed by atoms with Crippen molar-refractivity contribution in [2.45, 2.75) is 128 Å². The van der Waals surface area contributed by atoms with Gasteiger partial charge in [0.2, 0.25) is 24.3 Å². The maximum atomic E-state index is 15.8. The van der Waals surface area contributed by atoms with Gasteiger partial charge in [0.1, 0.15) is 23.8 Å². The van der Waals surface area contributed by atoms with Crippen LogP contribution < -0.4 is 22.0 Å². The van der Waals surface area contributed by atoms with Crippen molar-refractivity contribution in [2.75, 3.05) is 23.8 Å². The second-order valence-electron chi connectivity index (χ2n) is 13.9. The number of hydrogen-bond donors (Lipinski definition) is 5. The summed E-state index contributed by atoms with van der Waals surface area (Å²) in [6, 6.07) is 2.19. The van der Waals surface area contributed by atoms with E-state index in [9.17, 15) is 34.3 Å². The van der Waals surface area contributed by atoms with Crippen LogP contribution in [0.3, 0.4) is 0 Å². The quantitative estimate of drug-likeness (QED) is 0.0943. The summed E-state index contributed by atoms with van der Waals surface area (Å²) in [6.45, 7) is 0.505. The first-order chi connectivity index (χ1) is 26.8. The molecule has 2 amide bonds. The Labute approximate surface area is 330 Å². The van der Waals surface area contributed by atoms with E-state index in [1.807, 2.05) is 27.7 Å². The maximum Gasteiger partial charge on any atom is 0.351 e. The molecule has 320 valence electrons. The molecule has 7 atom stereocenters. The van der Waals surface area contributed by atoms with Crippen molar-refractivity contribution < 1.29 is 60.8 Å². The summed E-state index contributed by atoms with van der Waals surface area (Å²) in [6.07, 6.45) is -7.01. The minimum Gasteiger partial charge on any atom is -0.394 e. The number of aromatic nitrogens is 4. The number of carbonyl (C=O) groups excluding carboxylic acids is 2. The maximum absolute atomic E-state index is 15.8. The van der Waals surface area contributed by atoms with Crippen LogP contribution in [0.5, 0.6) is 0 Å². The largest absolute Gasteiger partial charge is 0.394 e. The second-order valence-corrected chi connectivity index (χ2v) is 16.6. The lowest BCUT2D eigenvalue weighted by molar-refractivity contribution is -0.141. The standard InChI is InChI=1S/C34H49F4N6O11PS/c1-5-9-19(10-6-2)27(47)39-23-13-15-43(31(49)41-23)29-33(35,36)25(46)22(54-29)18-52-56(51,57)55-26-21(17-45)53-30(34(26,37)38)44-16-14-24(42-32(44)50)40-28(48)20(11-7-3)12-8-4/h13-16,19-22,25-26,29-30,45-46H,5-12,17-18H2,1-4H3,(H,51,57)(H,39,41,47,49)(H,40,42,48,50)/t21-,22-,25+,26+,29-,30-,56?/m1/s1. The summed E-state index contributed by atoms with van der Waals surface area (Å²) in [5.74, 6) is -10.3. The average Bonchev–Trinajstić information content (AvgIpc) is 3.52. The minimum atomic E-state index is -4.85. The summed E-state index contributed by atoms with van der Waals surface area (Å²) in [7, 11) is 0. The number of aliphatic hydroxyl groups excluding tert-OH is 2. The van der Waals surface area contributed by atoms with E-state index in [0.29, 0.717) is 34.8 Å². The highest BCUT2D eigenvalue weighted by Gasteiger charge is 2.63. The number of nitrogens with one attached hydrogen (secondary N) is 2. The lowest BCUT2D eigenvalue weighted by atomic mass is 9.97. The Hall–Kier alpha value is -3.21. The van der Waals surface area contributed by atoms with Gasteiger partial charge in [-0.25, -0.2) is 9.59 Å². The van der Waals surface area contributed by atoms with Crippen molar-refractivity contribution in [1.82, 2.24) is 19.1 Å². The Kier molecular flexibility index (Phi) is 16.1. The molecule has 4 heterocycles. The Bertz CT molecular complexity index is 1860. The van der Waals surface area contributed by atoms with Crippen molar-refractivity contribution in [3.8, 4) is 0 Å². The molecule has 23 heteroatoms. The topological polar surface area (TPSA) is 226 Å². The summed E-state index contributed by atoms with van der Waals surface area (Å²) < 4.78 is 83.5. The number of ether oxygens (including phenoxy) is 2. The average molecular weight is 857 g/mol. The van der Waals surface area contributed by atoms with E-state index in [4.69, 9.17) is 30.3 Å². The number of halogens is 4. The van der Waals surface area contributed by atoms with E-state index in [1.165, 1.54) is 0 Å². The van der Waals surface area contributed by atoms with E-state index in [0.717, 1.165) is 50.2 Å². The molecular formula is C34H49F4N6O11PS. The number of rotatable bonds is 20. The molecule has 2 aliphatic rings. The lowest BCUT2D eigenvalue weighted by Crippen LogP contribution is -2.43. The molecule has 0 aromatic carbocycles. The van der Waals surface area contributed by atoms with Crippen molar-refractivity contribution in [3.05, 3.63) is 45.5 Å². The third-order valence-corrected chi connectivity index (χ3v) is 11.1. The molecule has 17 nitrogen and oxygen atoms in total. The number of anilines is 2. The van der Waals surface area contributed by atoms with Gasteiger partial charge in [0, 0.05) is 24.2 Å². The van der Waals surface area contributed by atoms with E-state index in [2.05, 4.69) is 20.6 Å². The Morgan fingerprint density at radius 1 is 0.842 bits per heavy atom. The number of amides is 2. The normalized spacial score (nSPS) is 25.1. The highest BCUT2D eigenvalue weighted by molar-refractivity contribution is 8.07. The summed E-state index contributed by atoms with van der Waals surface area (Å²) in [5, 5.41) is 25.3. The Balaban J connectivity index is 1.43. The molecule has 1 unspecified atom stereocenters. The van der Waals surface area contributed by atoms with Crippen LogP contribution in [0.25, 0.3) is 0 Å². The molecule has 0 spiro atoms. The van der Waals surface area contributed by atoms with Crippen LogP contribution in [0, 0.1) is 11.8 Å². The third-order valence-electron chi connectivity index (χ3n) is 9.52. The van der Waals surface area contributed by atoms with Gasteiger partial charge in [-0.3, -0.25) is 23.2 Å². The van der Waals surface area contributed by atoms with E-state index < -0.39 is 91.8 Å². The van der Waals surface area contributed by atoms with Crippen LogP contribution in [0.15, 0.2) is 34.1 Å². The van der Waals surface area contributed by atoms with Gasteiger partial charge >= 0.3 is 29.9 Å². The first-order valence-electron chi connectivity index (χ1n) is 18.7. The first-order valence-corrected chi connectivity index (χ1v) is 21.2. The van der Waals surface area contributed by atoms with Gasteiger partial charge in [0.05, 0.1) is 13.2 Å². The molecule has 2 aliphatic heterocycles. The summed E-state index contributed by atoms with van der Waals surface area (Å²) in [4.78, 5) is 69.1. The smallest absolute Gasteiger partial charge is 0.351 e. The molecule has 2 fully saturated rings. The molecule has 2 saturated heterocycles. The van der Waals surface area contributed by atoms with E-state index in [-0.39, 0.29) is 23.5 Å². The number of alkyl halides is 4. The van der Waals surface area contributed by atoms with Crippen LogP contribution in [0.1, 0.15) is 91.5 Å². The fraction of sp³-hybridized carbons (Fsp3) is 0.706. The number of hydrogen-bond acceptors (Lipinski definition) is 13. The fourth-order valence-electron chi connectivity index (χ4n) is 6.68. The lowest BCUT2D eigenvalue weighted by Gasteiger charge is -2.28. The van der Waals surface area contributed by atoms with Crippen LogP contribution in [0.4, 0.5) is 29.2 Å². The second kappa shape index (κ2) is 19.7. The van der Waals surface area contributed by atoms with Crippen LogP contribution in [-0.4, -0.2) is 95.5 Å². The van der Waals surface area contributed by atoms with Gasteiger partial charge in [-0.15, -0.1) is 0 Å². The molecule has 0 saturated carbocycles. The molecule has 0 radical (unpaired) electrons. The van der Waals surface area contributed by atoms with E-state index >= 15 is 17.6 Å². The Morgan fingerprint density at radius 3 is 1.67 bits per heavy atom. The molecule has 0 bridgehead atoms. The predicted octanol–water partition coefficient (Wildman–Crippen LogP) is 3.85. The zero-order valence-electron chi connectivity index (χ0n) is 31.8. The Morgan fingerprint density at radius 2 is 1.26 bits per heavy atom.